The minimum Gasteiger partial charge on any atom is -0.285 e. The SMILES string of the molecule is CC(C)Cc1c([C]=O)c(C(F)(F)F)nc(C(F)F)c1CCC#N. The number of halogens is 5. The second-order valence-corrected chi connectivity index (χ2v) is 5.33. The van der Waals surface area contributed by atoms with Crippen LogP contribution in [0.4, 0.5) is 22.0 Å². The zero-order valence-electron chi connectivity index (χ0n) is 12.5. The Balaban J connectivity index is 3.77. The van der Waals surface area contributed by atoms with Gasteiger partial charge in [-0.1, -0.05) is 13.8 Å². The summed E-state index contributed by atoms with van der Waals surface area (Å²) in [6, 6.07) is 1.75. The number of hydrogen-bond acceptors (Lipinski definition) is 3. The molecule has 0 saturated carbocycles. The average molecular weight is 333 g/mol. The van der Waals surface area contributed by atoms with Crippen molar-refractivity contribution in [3.63, 3.8) is 0 Å². The highest BCUT2D eigenvalue weighted by molar-refractivity contribution is 5.80. The summed E-state index contributed by atoms with van der Waals surface area (Å²) >= 11 is 0. The number of rotatable bonds is 6. The first-order valence-electron chi connectivity index (χ1n) is 6.79. The molecule has 0 atom stereocenters. The third-order valence-corrected chi connectivity index (χ3v) is 3.12. The van der Waals surface area contributed by atoms with Crippen molar-refractivity contribution in [3.05, 3.63) is 28.1 Å². The summed E-state index contributed by atoms with van der Waals surface area (Å²) in [7, 11) is 0. The summed E-state index contributed by atoms with van der Waals surface area (Å²) in [5.74, 6) is -0.183. The standard InChI is InChI=1S/C15H14F5N2O/c1-8(2)6-10-9(4-3-5-21)12(14(16)17)22-13(11(10)7-23)15(18,19)20/h8,14H,3-4,6H2,1-2H3. The average Bonchev–Trinajstić information content (AvgIpc) is 2.42. The van der Waals surface area contributed by atoms with E-state index in [1.165, 1.54) is 6.29 Å². The molecule has 0 aliphatic carbocycles. The van der Waals surface area contributed by atoms with Gasteiger partial charge in [-0.25, -0.2) is 13.8 Å². The van der Waals surface area contributed by atoms with Crippen molar-refractivity contribution in [2.45, 2.75) is 45.7 Å². The van der Waals surface area contributed by atoms with E-state index in [4.69, 9.17) is 5.26 Å². The van der Waals surface area contributed by atoms with Gasteiger partial charge in [-0.05, 0) is 29.9 Å². The van der Waals surface area contributed by atoms with E-state index in [0.29, 0.717) is 0 Å². The lowest BCUT2D eigenvalue weighted by molar-refractivity contribution is -0.141. The third-order valence-electron chi connectivity index (χ3n) is 3.12. The normalized spacial score (nSPS) is 11.8. The van der Waals surface area contributed by atoms with Crippen LogP contribution in [0.3, 0.4) is 0 Å². The molecule has 23 heavy (non-hydrogen) atoms. The molecule has 3 nitrogen and oxygen atoms in total. The molecule has 1 aromatic heterocycles. The van der Waals surface area contributed by atoms with Gasteiger partial charge in [0.2, 0.25) is 6.29 Å². The lowest BCUT2D eigenvalue weighted by Crippen LogP contribution is -2.20. The van der Waals surface area contributed by atoms with Gasteiger partial charge in [-0.15, -0.1) is 0 Å². The monoisotopic (exact) mass is 333 g/mol. The van der Waals surface area contributed by atoms with E-state index in [9.17, 15) is 26.7 Å². The fourth-order valence-corrected chi connectivity index (χ4v) is 2.28. The van der Waals surface area contributed by atoms with Crippen LogP contribution in [-0.4, -0.2) is 11.3 Å². The number of alkyl halides is 5. The summed E-state index contributed by atoms with van der Waals surface area (Å²) in [6.07, 6.45) is -7.47. The van der Waals surface area contributed by atoms with Crippen molar-refractivity contribution in [3.8, 4) is 6.07 Å². The van der Waals surface area contributed by atoms with Crippen LogP contribution in [0.5, 0.6) is 0 Å². The summed E-state index contributed by atoms with van der Waals surface area (Å²) in [4.78, 5) is 14.1. The maximum Gasteiger partial charge on any atom is 0.434 e. The Bertz CT molecular complexity index is 618. The number of carbonyl (C=O) groups excluding carboxylic acids is 1. The first-order valence-corrected chi connectivity index (χ1v) is 6.79. The molecule has 0 N–H and O–H groups in total. The Kier molecular flexibility index (Phi) is 6.19. The predicted molar refractivity (Wildman–Crippen MR) is 71.5 cm³/mol. The van der Waals surface area contributed by atoms with E-state index in [0.717, 1.165) is 0 Å². The fourth-order valence-electron chi connectivity index (χ4n) is 2.28. The van der Waals surface area contributed by atoms with Crippen LogP contribution in [0.2, 0.25) is 0 Å². The number of aromatic nitrogens is 1. The molecular weight excluding hydrogens is 319 g/mol. The molecule has 1 aromatic rings. The molecule has 0 bridgehead atoms. The van der Waals surface area contributed by atoms with Gasteiger partial charge >= 0.3 is 6.18 Å². The minimum absolute atomic E-state index is 0.0172. The van der Waals surface area contributed by atoms with E-state index in [2.05, 4.69) is 4.98 Å². The van der Waals surface area contributed by atoms with E-state index in [1.807, 2.05) is 0 Å². The second kappa shape index (κ2) is 7.49. The molecule has 1 heterocycles. The molecular formula is C15H14F5N2O. The molecule has 0 spiro atoms. The van der Waals surface area contributed by atoms with Crippen molar-refractivity contribution in [2.24, 2.45) is 5.92 Å². The van der Waals surface area contributed by atoms with Crippen molar-refractivity contribution in [1.29, 1.82) is 5.26 Å². The lowest BCUT2D eigenvalue weighted by Gasteiger charge is -2.20. The highest BCUT2D eigenvalue weighted by Gasteiger charge is 2.39. The van der Waals surface area contributed by atoms with Gasteiger partial charge in [-0.3, -0.25) is 4.79 Å². The minimum atomic E-state index is -5.05. The van der Waals surface area contributed by atoms with Crippen molar-refractivity contribution in [1.82, 2.24) is 4.98 Å². The van der Waals surface area contributed by atoms with E-state index < -0.39 is 29.6 Å². The van der Waals surface area contributed by atoms with Gasteiger partial charge in [0, 0.05) is 6.42 Å². The highest BCUT2D eigenvalue weighted by Crippen LogP contribution is 2.37. The zero-order valence-corrected chi connectivity index (χ0v) is 12.5. The first kappa shape index (κ1) is 19.0. The molecule has 0 fully saturated rings. The van der Waals surface area contributed by atoms with Gasteiger partial charge in [-0.2, -0.15) is 18.4 Å². The number of nitriles is 1. The summed E-state index contributed by atoms with van der Waals surface area (Å²) in [5, 5.41) is 8.62. The number of hydrogen-bond donors (Lipinski definition) is 0. The molecule has 0 amide bonds. The number of nitrogens with zero attached hydrogens (tertiary/aromatic N) is 2. The highest BCUT2D eigenvalue weighted by atomic mass is 19.4. The van der Waals surface area contributed by atoms with Gasteiger partial charge < -0.3 is 0 Å². The van der Waals surface area contributed by atoms with Crippen molar-refractivity contribution < 1.29 is 26.7 Å². The molecule has 125 valence electrons. The zero-order chi connectivity index (χ0) is 17.8. The molecule has 0 aliphatic rings. The lowest BCUT2D eigenvalue weighted by atomic mass is 9.89. The van der Waals surface area contributed by atoms with Crippen LogP contribution in [0.15, 0.2) is 0 Å². The Labute approximate surface area is 130 Å². The first-order chi connectivity index (χ1) is 10.6. The Morgan fingerprint density at radius 2 is 1.83 bits per heavy atom. The van der Waals surface area contributed by atoms with Crippen LogP contribution in [0.1, 0.15) is 54.8 Å². The Morgan fingerprint density at radius 3 is 2.22 bits per heavy atom. The van der Waals surface area contributed by atoms with Gasteiger partial charge in [0.15, 0.2) is 5.69 Å². The smallest absolute Gasteiger partial charge is 0.285 e. The van der Waals surface area contributed by atoms with Crippen LogP contribution < -0.4 is 0 Å². The number of pyridine rings is 1. The topological polar surface area (TPSA) is 53.8 Å². The van der Waals surface area contributed by atoms with E-state index >= 15 is 0 Å². The van der Waals surface area contributed by atoms with Crippen LogP contribution in [0, 0.1) is 17.2 Å². The van der Waals surface area contributed by atoms with Gasteiger partial charge in [0.25, 0.3) is 6.43 Å². The van der Waals surface area contributed by atoms with Gasteiger partial charge in [0.05, 0.1) is 11.6 Å². The predicted octanol–water partition coefficient (Wildman–Crippen LogP) is 4.15. The van der Waals surface area contributed by atoms with Gasteiger partial charge in [0.1, 0.15) is 5.69 Å². The maximum atomic E-state index is 13.2. The quantitative estimate of drug-likeness (QED) is 0.735. The molecule has 1 rings (SSSR count). The molecule has 8 heteroatoms. The summed E-state index contributed by atoms with van der Waals surface area (Å²) < 4.78 is 65.5. The summed E-state index contributed by atoms with van der Waals surface area (Å²) in [6.45, 7) is 3.36. The molecule has 0 aliphatic heterocycles. The molecule has 0 unspecified atom stereocenters. The third kappa shape index (κ3) is 4.47. The second-order valence-electron chi connectivity index (χ2n) is 5.33. The molecule has 0 aromatic carbocycles. The van der Waals surface area contributed by atoms with E-state index in [1.54, 1.807) is 19.9 Å². The van der Waals surface area contributed by atoms with Crippen molar-refractivity contribution in [2.75, 3.05) is 0 Å². The molecule has 0 saturated heterocycles. The Hall–Kier alpha value is -2.04. The largest absolute Gasteiger partial charge is 0.434 e. The molecule has 1 radical (unpaired) electrons. The van der Waals surface area contributed by atoms with Crippen LogP contribution >= 0.6 is 0 Å². The van der Waals surface area contributed by atoms with Crippen molar-refractivity contribution >= 4 is 6.29 Å². The van der Waals surface area contributed by atoms with Crippen LogP contribution in [-0.2, 0) is 23.8 Å². The fraction of sp³-hybridized carbons (Fsp3) is 0.533. The summed E-state index contributed by atoms with van der Waals surface area (Å²) in [5.41, 5.74) is -3.84. The van der Waals surface area contributed by atoms with E-state index in [-0.39, 0.29) is 36.3 Å². The van der Waals surface area contributed by atoms with Crippen LogP contribution in [0.25, 0.3) is 0 Å². The Morgan fingerprint density at radius 1 is 1.22 bits per heavy atom. The maximum absolute atomic E-state index is 13.2.